The minimum atomic E-state index is 0.713. The van der Waals surface area contributed by atoms with Crippen LogP contribution in [0.2, 0.25) is 0 Å². The van der Waals surface area contributed by atoms with Gasteiger partial charge in [-0.05, 0) is 43.7 Å². The molecule has 0 saturated heterocycles. The lowest BCUT2D eigenvalue weighted by molar-refractivity contribution is 0.270. The minimum absolute atomic E-state index is 0.713. The first-order valence-electron chi connectivity index (χ1n) is 6.76. The SMILES string of the molecule is C[C@H]1CC[C@H](NCCOc2ccccc2)CC1. The lowest BCUT2D eigenvalue weighted by Gasteiger charge is -2.27. The summed E-state index contributed by atoms with van der Waals surface area (Å²) in [6.45, 7) is 4.07. The van der Waals surface area contributed by atoms with Gasteiger partial charge in [0.25, 0.3) is 0 Å². The van der Waals surface area contributed by atoms with Crippen LogP contribution in [0, 0.1) is 5.92 Å². The van der Waals surface area contributed by atoms with Crippen molar-refractivity contribution in [2.45, 2.75) is 38.6 Å². The average molecular weight is 233 g/mol. The van der Waals surface area contributed by atoms with Gasteiger partial charge in [0.15, 0.2) is 0 Å². The molecule has 0 amide bonds. The Morgan fingerprint density at radius 2 is 1.82 bits per heavy atom. The van der Waals surface area contributed by atoms with Crippen molar-refractivity contribution in [2.24, 2.45) is 5.92 Å². The van der Waals surface area contributed by atoms with E-state index in [2.05, 4.69) is 12.2 Å². The Balaban J connectivity index is 1.57. The van der Waals surface area contributed by atoms with Gasteiger partial charge >= 0.3 is 0 Å². The van der Waals surface area contributed by atoms with E-state index < -0.39 is 0 Å². The number of hydrogen-bond donors (Lipinski definition) is 1. The van der Waals surface area contributed by atoms with E-state index in [1.165, 1.54) is 25.7 Å². The highest BCUT2D eigenvalue weighted by molar-refractivity contribution is 5.20. The molecule has 0 heterocycles. The number of rotatable bonds is 5. The molecule has 17 heavy (non-hydrogen) atoms. The zero-order chi connectivity index (χ0) is 11.9. The highest BCUT2D eigenvalue weighted by atomic mass is 16.5. The first kappa shape index (κ1) is 12.4. The fraction of sp³-hybridized carbons (Fsp3) is 0.600. The van der Waals surface area contributed by atoms with Gasteiger partial charge in [-0.2, -0.15) is 0 Å². The average Bonchev–Trinajstić information content (AvgIpc) is 2.38. The second-order valence-corrected chi connectivity index (χ2v) is 5.07. The van der Waals surface area contributed by atoms with Crippen molar-refractivity contribution >= 4 is 0 Å². The van der Waals surface area contributed by atoms with Crippen LogP contribution in [-0.4, -0.2) is 19.2 Å². The summed E-state index contributed by atoms with van der Waals surface area (Å²) in [5.74, 6) is 1.89. The second-order valence-electron chi connectivity index (χ2n) is 5.07. The van der Waals surface area contributed by atoms with Crippen LogP contribution >= 0.6 is 0 Å². The van der Waals surface area contributed by atoms with E-state index in [0.717, 1.165) is 24.8 Å². The zero-order valence-electron chi connectivity index (χ0n) is 10.7. The monoisotopic (exact) mass is 233 g/mol. The standard InChI is InChI=1S/C15H23NO/c1-13-7-9-14(10-8-13)16-11-12-17-15-5-3-2-4-6-15/h2-6,13-14,16H,7-12H2,1H3/t13-,14-. The Kier molecular flexibility index (Phi) is 4.87. The van der Waals surface area contributed by atoms with Crippen molar-refractivity contribution in [2.75, 3.05) is 13.2 Å². The molecule has 2 heteroatoms. The van der Waals surface area contributed by atoms with Crippen LogP contribution < -0.4 is 10.1 Å². The molecule has 0 unspecified atom stereocenters. The van der Waals surface area contributed by atoms with Gasteiger partial charge in [0.2, 0.25) is 0 Å². The molecule has 2 nitrogen and oxygen atoms in total. The van der Waals surface area contributed by atoms with Crippen molar-refractivity contribution in [3.05, 3.63) is 30.3 Å². The normalized spacial score (nSPS) is 24.5. The smallest absolute Gasteiger partial charge is 0.119 e. The van der Waals surface area contributed by atoms with E-state index in [1.54, 1.807) is 0 Å². The number of benzene rings is 1. The lowest BCUT2D eigenvalue weighted by Crippen LogP contribution is -2.35. The molecule has 0 radical (unpaired) electrons. The largest absolute Gasteiger partial charge is 0.492 e. The Bertz CT molecular complexity index is 304. The van der Waals surface area contributed by atoms with E-state index in [9.17, 15) is 0 Å². The van der Waals surface area contributed by atoms with Crippen LogP contribution in [0.4, 0.5) is 0 Å². The maximum atomic E-state index is 5.66. The molecule has 2 rings (SSSR count). The molecular weight excluding hydrogens is 210 g/mol. The maximum Gasteiger partial charge on any atom is 0.119 e. The van der Waals surface area contributed by atoms with Gasteiger partial charge in [0.05, 0.1) is 0 Å². The molecule has 0 atom stereocenters. The molecule has 1 aromatic rings. The Hall–Kier alpha value is -1.02. The fourth-order valence-electron chi connectivity index (χ4n) is 2.41. The van der Waals surface area contributed by atoms with Gasteiger partial charge in [-0.1, -0.05) is 25.1 Å². The van der Waals surface area contributed by atoms with E-state index >= 15 is 0 Å². The van der Waals surface area contributed by atoms with E-state index in [4.69, 9.17) is 4.74 Å². The van der Waals surface area contributed by atoms with E-state index in [-0.39, 0.29) is 0 Å². The van der Waals surface area contributed by atoms with Crippen LogP contribution in [0.3, 0.4) is 0 Å². The third-order valence-corrected chi connectivity index (χ3v) is 3.56. The Labute approximate surface area is 104 Å². The predicted molar refractivity (Wildman–Crippen MR) is 71.4 cm³/mol. The molecule has 1 aliphatic rings. The molecule has 1 aromatic carbocycles. The molecular formula is C15H23NO. The summed E-state index contributed by atoms with van der Waals surface area (Å²) >= 11 is 0. The number of para-hydroxylation sites is 1. The molecule has 94 valence electrons. The van der Waals surface area contributed by atoms with Crippen molar-refractivity contribution in [3.8, 4) is 5.75 Å². The zero-order valence-corrected chi connectivity index (χ0v) is 10.7. The summed E-state index contributed by atoms with van der Waals surface area (Å²) in [5, 5.41) is 3.59. The van der Waals surface area contributed by atoms with Crippen LogP contribution in [0.5, 0.6) is 5.75 Å². The topological polar surface area (TPSA) is 21.3 Å². The van der Waals surface area contributed by atoms with Crippen LogP contribution in [0.25, 0.3) is 0 Å². The number of hydrogen-bond acceptors (Lipinski definition) is 2. The fourth-order valence-corrected chi connectivity index (χ4v) is 2.41. The first-order chi connectivity index (χ1) is 8.34. The van der Waals surface area contributed by atoms with Gasteiger partial charge in [0, 0.05) is 12.6 Å². The second kappa shape index (κ2) is 6.65. The molecule has 0 aliphatic heterocycles. The molecule has 0 aromatic heterocycles. The van der Waals surface area contributed by atoms with Crippen molar-refractivity contribution in [1.29, 1.82) is 0 Å². The van der Waals surface area contributed by atoms with Crippen LogP contribution in [-0.2, 0) is 0 Å². The summed E-state index contributed by atoms with van der Waals surface area (Å²) in [5.41, 5.74) is 0. The number of nitrogens with one attached hydrogen (secondary N) is 1. The maximum absolute atomic E-state index is 5.66. The summed E-state index contributed by atoms with van der Waals surface area (Å²) < 4.78 is 5.66. The highest BCUT2D eigenvalue weighted by Gasteiger charge is 2.16. The van der Waals surface area contributed by atoms with Gasteiger partial charge < -0.3 is 10.1 Å². The molecule has 1 aliphatic carbocycles. The molecule has 0 bridgehead atoms. The third kappa shape index (κ3) is 4.39. The molecule has 1 fully saturated rings. The van der Waals surface area contributed by atoms with Gasteiger partial charge in [-0.25, -0.2) is 0 Å². The molecule has 1 N–H and O–H groups in total. The summed E-state index contributed by atoms with van der Waals surface area (Å²) in [6.07, 6.45) is 5.40. The third-order valence-electron chi connectivity index (χ3n) is 3.56. The van der Waals surface area contributed by atoms with Crippen molar-refractivity contribution in [3.63, 3.8) is 0 Å². The molecule has 1 saturated carbocycles. The minimum Gasteiger partial charge on any atom is -0.492 e. The van der Waals surface area contributed by atoms with E-state index in [0.29, 0.717) is 6.04 Å². The van der Waals surface area contributed by atoms with Gasteiger partial charge in [-0.15, -0.1) is 0 Å². The van der Waals surface area contributed by atoms with Gasteiger partial charge in [-0.3, -0.25) is 0 Å². The Morgan fingerprint density at radius 3 is 2.53 bits per heavy atom. The Morgan fingerprint density at radius 1 is 1.12 bits per heavy atom. The first-order valence-corrected chi connectivity index (χ1v) is 6.76. The van der Waals surface area contributed by atoms with Crippen molar-refractivity contribution in [1.82, 2.24) is 5.32 Å². The predicted octanol–water partition coefficient (Wildman–Crippen LogP) is 3.23. The van der Waals surface area contributed by atoms with E-state index in [1.807, 2.05) is 30.3 Å². The van der Waals surface area contributed by atoms with Crippen molar-refractivity contribution < 1.29 is 4.74 Å². The molecule has 0 spiro atoms. The highest BCUT2D eigenvalue weighted by Crippen LogP contribution is 2.23. The van der Waals surface area contributed by atoms with Crippen LogP contribution in [0.15, 0.2) is 30.3 Å². The summed E-state index contributed by atoms with van der Waals surface area (Å²) in [6, 6.07) is 10.7. The van der Waals surface area contributed by atoms with Crippen LogP contribution in [0.1, 0.15) is 32.6 Å². The summed E-state index contributed by atoms with van der Waals surface area (Å²) in [4.78, 5) is 0. The van der Waals surface area contributed by atoms with Gasteiger partial charge in [0.1, 0.15) is 12.4 Å². The lowest BCUT2D eigenvalue weighted by atomic mass is 9.87. The summed E-state index contributed by atoms with van der Waals surface area (Å²) in [7, 11) is 0. The quantitative estimate of drug-likeness (QED) is 0.788. The number of ether oxygens (including phenoxy) is 1.